The minimum atomic E-state index is -0.344. The average Bonchev–Trinajstić information content (AvgIpc) is 3.16. The number of halogens is 2. The zero-order chi connectivity index (χ0) is 20.8. The van der Waals surface area contributed by atoms with Crippen molar-refractivity contribution in [3.8, 4) is 11.4 Å². The molecule has 0 saturated carbocycles. The zero-order valence-corrected chi connectivity index (χ0v) is 16.2. The van der Waals surface area contributed by atoms with Gasteiger partial charge in [0, 0.05) is 24.9 Å². The molecule has 0 spiro atoms. The maximum atomic E-state index is 13.5. The van der Waals surface area contributed by atoms with Crippen molar-refractivity contribution in [1.82, 2.24) is 20.4 Å². The van der Waals surface area contributed by atoms with E-state index in [0.29, 0.717) is 23.8 Å². The third-order valence-electron chi connectivity index (χ3n) is 4.49. The number of carbonyl (C=O) groups is 1. The molecule has 0 radical (unpaired) electrons. The summed E-state index contributed by atoms with van der Waals surface area (Å²) in [6.07, 6.45) is 0.459. The molecule has 0 aliphatic rings. The molecule has 2 aromatic carbocycles. The fourth-order valence-corrected chi connectivity index (χ4v) is 2.90. The maximum absolute atomic E-state index is 13.5. The van der Waals surface area contributed by atoms with Gasteiger partial charge in [-0.25, -0.2) is 8.78 Å². The van der Waals surface area contributed by atoms with Gasteiger partial charge in [0.25, 0.3) is 0 Å². The Morgan fingerprint density at radius 3 is 2.59 bits per heavy atom. The summed E-state index contributed by atoms with van der Waals surface area (Å²) in [5.74, 6) is -0.153. The van der Waals surface area contributed by atoms with Crippen LogP contribution in [0, 0.1) is 11.6 Å². The first-order valence-corrected chi connectivity index (χ1v) is 9.19. The Kier molecular flexibility index (Phi) is 6.66. The van der Waals surface area contributed by atoms with Crippen LogP contribution in [0.2, 0.25) is 0 Å². The molecule has 0 aliphatic heterocycles. The molecule has 1 amide bonds. The molecule has 1 unspecified atom stereocenters. The largest absolute Gasteiger partial charge is 0.354 e. The predicted molar refractivity (Wildman–Crippen MR) is 104 cm³/mol. The Balaban J connectivity index is 1.52. The number of rotatable bonds is 8. The fraction of sp³-hybridized carbons (Fsp3) is 0.286. The van der Waals surface area contributed by atoms with Crippen LogP contribution in [0.15, 0.2) is 53.1 Å². The molecule has 8 heteroatoms. The third kappa shape index (κ3) is 5.68. The highest BCUT2D eigenvalue weighted by molar-refractivity contribution is 5.76. The average molecular weight is 400 g/mol. The number of likely N-dealkylation sites (N-methyl/N-ethyl adjacent to an activating group) is 1. The van der Waals surface area contributed by atoms with E-state index in [1.165, 1.54) is 24.3 Å². The number of nitrogens with one attached hydrogen (secondary N) is 1. The highest BCUT2D eigenvalue weighted by Gasteiger charge is 2.16. The van der Waals surface area contributed by atoms with Gasteiger partial charge in [0.05, 0.1) is 6.04 Å². The van der Waals surface area contributed by atoms with Gasteiger partial charge < -0.3 is 14.7 Å². The topological polar surface area (TPSA) is 71.3 Å². The van der Waals surface area contributed by atoms with Crippen molar-refractivity contribution in [2.75, 3.05) is 20.6 Å². The molecule has 1 N–H and O–H groups in total. The molecule has 3 rings (SSSR count). The molecule has 1 heterocycles. The number of aromatic nitrogens is 2. The SMILES string of the molecule is CN(C)C(CNC(=O)CCc1nc(-c2ccc(F)cc2)no1)c1cccc(F)c1. The van der Waals surface area contributed by atoms with E-state index < -0.39 is 0 Å². The monoisotopic (exact) mass is 400 g/mol. The molecule has 6 nitrogen and oxygen atoms in total. The predicted octanol–water partition coefficient (Wildman–Crippen LogP) is 3.37. The fourth-order valence-electron chi connectivity index (χ4n) is 2.90. The summed E-state index contributed by atoms with van der Waals surface area (Å²) >= 11 is 0. The molecule has 29 heavy (non-hydrogen) atoms. The van der Waals surface area contributed by atoms with Crippen LogP contribution in [0.3, 0.4) is 0 Å². The Hall–Kier alpha value is -3.13. The quantitative estimate of drug-likeness (QED) is 0.628. The lowest BCUT2D eigenvalue weighted by Gasteiger charge is -2.25. The van der Waals surface area contributed by atoms with Crippen molar-refractivity contribution in [2.45, 2.75) is 18.9 Å². The minimum Gasteiger partial charge on any atom is -0.354 e. The van der Waals surface area contributed by atoms with Gasteiger partial charge in [-0.2, -0.15) is 4.98 Å². The van der Waals surface area contributed by atoms with Crippen LogP contribution in [-0.2, 0) is 11.2 Å². The molecule has 1 atom stereocenters. The standard InChI is InChI=1S/C21H22F2N4O2/c1-27(2)18(15-4-3-5-17(23)12-15)13-24-19(28)10-11-20-25-21(26-29-20)14-6-8-16(22)9-7-14/h3-9,12,18H,10-11,13H2,1-2H3,(H,24,28). The summed E-state index contributed by atoms with van der Waals surface area (Å²) < 4.78 is 31.7. The molecule has 0 saturated heterocycles. The Morgan fingerprint density at radius 2 is 1.90 bits per heavy atom. The molecule has 0 bridgehead atoms. The summed E-state index contributed by atoms with van der Waals surface area (Å²) in [6.45, 7) is 0.347. The number of hydrogen-bond acceptors (Lipinski definition) is 5. The van der Waals surface area contributed by atoms with Gasteiger partial charge in [0.2, 0.25) is 17.6 Å². The van der Waals surface area contributed by atoms with Crippen molar-refractivity contribution in [3.05, 3.63) is 71.6 Å². The Labute approximate surface area is 167 Å². The highest BCUT2D eigenvalue weighted by atomic mass is 19.1. The van der Waals surface area contributed by atoms with Crippen molar-refractivity contribution < 1.29 is 18.1 Å². The normalized spacial score (nSPS) is 12.2. The van der Waals surface area contributed by atoms with E-state index in [0.717, 1.165) is 5.56 Å². The lowest BCUT2D eigenvalue weighted by molar-refractivity contribution is -0.121. The van der Waals surface area contributed by atoms with E-state index >= 15 is 0 Å². The van der Waals surface area contributed by atoms with Crippen LogP contribution in [0.25, 0.3) is 11.4 Å². The van der Waals surface area contributed by atoms with E-state index in [2.05, 4.69) is 15.5 Å². The van der Waals surface area contributed by atoms with Crippen molar-refractivity contribution >= 4 is 5.91 Å². The second kappa shape index (κ2) is 9.38. The van der Waals surface area contributed by atoms with Crippen LogP contribution in [0.5, 0.6) is 0 Å². The van der Waals surface area contributed by atoms with Crippen LogP contribution < -0.4 is 5.32 Å². The Bertz CT molecular complexity index is 957. The van der Waals surface area contributed by atoms with Gasteiger partial charge in [-0.3, -0.25) is 4.79 Å². The lowest BCUT2D eigenvalue weighted by atomic mass is 10.1. The second-order valence-electron chi connectivity index (χ2n) is 6.86. The highest BCUT2D eigenvalue weighted by Crippen LogP contribution is 2.19. The van der Waals surface area contributed by atoms with Crippen LogP contribution >= 0.6 is 0 Å². The van der Waals surface area contributed by atoms with E-state index in [1.54, 1.807) is 18.2 Å². The van der Waals surface area contributed by atoms with E-state index in [-0.39, 0.29) is 36.4 Å². The number of hydrogen-bond donors (Lipinski definition) is 1. The summed E-state index contributed by atoms with van der Waals surface area (Å²) in [4.78, 5) is 18.4. The zero-order valence-electron chi connectivity index (χ0n) is 16.2. The van der Waals surface area contributed by atoms with Crippen molar-refractivity contribution in [3.63, 3.8) is 0 Å². The molecule has 0 aliphatic carbocycles. The van der Waals surface area contributed by atoms with Gasteiger partial charge >= 0.3 is 0 Å². The van der Waals surface area contributed by atoms with Gasteiger partial charge in [-0.15, -0.1) is 0 Å². The van der Waals surface area contributed by atoms with Crippen LogP contribution in [0.1, 0.15) is 23.9 Å². The third-order valence-corrected chi connectivity index (χ3v) is 4.49. The number of benzene rings is 2. The van der Waals surface area contributed by atoms with E-state index in [1.807, 2.05) is 25.1 Å². The van der Waals surface area contributed by atoms with Gasteiger partial charge in [-0.05, 0) is 56.1 Å². The van der Waals surface area contributed by atoms with Crippen molar-refractivity contribution in [2.24, 2.45) is 0 Å². The molecule has 0 fully saturated rings. The number of aryl methyl sites for hydroxylation is 1. The number of amides is 1. The second-order valence-corrected chi connectivity index (χ2v) is 6.86. The minimum absolute atomic E-state index is 0.150. The smallest absolute Gasteiger partial charge is 0.227 e. The van der Waals surface area contributed by atoms with Crippen molar-refractivity contribution in [1.29, 1.82) is 0 Å². The van der Waals surface area contributed by atoms with E-state index in [9.17, 15) is 13.6 Å². The number of carbonyl (C=O) groups excluding carboxylic acids is 1. The molecular formula is C21H22F2N4O2. The first-order chi connectivity index (χ1) is 13.9. The summed E-state index contributed by atoms with van der Waals surface area (Å²) in [5.41, 5.74) is 1.42. The summed E-state index contributed by atoms with van der Waals surface area (Å²) in [6, 6.07) is 11.9. The van der Waals surface area contributed by atoms with Crippen LogP contribution in [-0.4, -0.2) is 41.6 Å². The maximum Gasteiger partial charge on any atom is 0.227 e. The van der Waals surface area contributed by atoms with Gasteiger partial charge in [-0.1, -0.05) is 17.3 Å². The first-order valence-electron chi connectivity index (χ1n) is 9.19. The molecule has 1 aromatic heterocycles. The molecule has 3 aromatic rings. The summed E-state index contributed by atoms with van der Waals surface area (Å²) in [5, 5.41) is 6.72. The summed E-state index contributed by atoms with van der Waals surface area (Å²) in [7, 11) is 3.74. The van der Waals surface area contributed by atoms with E-state index in [4.69, 9.17) is 4.52 Å². The first kappa shape index (κ1) is 20.6. The Morgan fingerprint density at radius 1 is 1.14 bits per heavy atom. The number of nitrogens with zero attached hydrogens (tertiary/aromatic N) is 3. The van der Waals surface area contributed by atoms with Gasteiger partial charge in [0.1, 0.15) is 11.6 Å². The molecule has 152 valence electrons. The molecular weight excluding hydrogens is 378 g/mol. The lowest BCUT2D eigenvalue weighted by Crippen LogP contribution is -2.34. The van der Waals surface area contributed by atoms with Gasteiger partial charge in [0.15, 0.2) is 0 Å². The van der Waals surface area contributed by atoms with Crippen LogP contribution in [0.4, 0.5) is 8.78 Å².